The van der Waals surface area contributed by atoms with Gasteiger partial charge in [0.1, 0.15) is 0 Å². The second kappa shape index (κ2) is 5.93. The van der Waals surface area contributed by atoms with Gasteiger partial charge in [0.15, 0.2) is 0 Å². The number of nitrogens with one attached hydrogen (secondary N) is 1. The molecule has 0 bridgehead atoms. The molecule has 1 aliphatic rings. The smallest absolute Gasteiger partial charge is 0.251 e. The number of nitrogen functional groups attached to an aromatic ring is 1. The van der Waals surface area contributed by atoms with E-state index in [1.165, 1.54) is 0 Å². The van der Waals surface area contributed by atoms with Crippen molar-refractivity contribution in [2.45, 2.75) is 18.9 Å². The quantitative estimate of drug-likeness (QED) is 0.805. The van der Waals surface area contributed by atoms with E-state index in [0.29, 0.717) is 11.3 Å². The largest absolute Gasteiger partial charge is 0.397 e. The third-order valence-electron chi connectivity index (χ3n) is 3.57. The number of nitrogens with two attached hydrogens (primary N) is 1. The van der Waals surface area contributed by atoms with Gasteiger partial charge in [-0.15, -0.1) is 0 Å². The maximum Gasteiger partial charge on any atom is 0.251 e. The predicted molar refractivity (Wildman–Crippen MR) is 76.5 cm³/mol. The second-order valence-corrected chi connectivity index (χ2v) is 4.80. The Morgan fingerprint density at radius 1 is 1.53 bits per heavy atom. The Morgan fingerprint density at radius 2 is 2.32 bits per heavy atom. The summed E-state index contributed by atoms with van der Waals surface area (Å²) in [6.45, 7) is 1.76. The second-order valence-electron chi connectivity index (χ2n) is 4.80. The third kappa shape index (κ3) is 2.98. The Labute approximate surface area is 113 Å². The molecular weight excluding hydrogens is 242 g/mol. The molecule has 0 spiro atoms. The summed E-state index contributed by atoms with van der Waals surface area (Å²) in [5, 5.41) is 2.63. The molecular formula is C14H21N3O2. The van der Waals surface area contributed by atoms with E-state index in [1.807, 2.05) is 6.07 Å². The Hall–Kier alpha value is -1.75. The lowest BCUT2D eigenvalue weighted by Gasteiger charge is -2.34. The molecule has 1 saturated heterocycles. The van der Waals surface area contributed by atoms with Crippen LogP contribution in [0, 0.1) is 0 Å². The summed E-state index contributed by atoms with van der Waals surface area (Å²) in [7, 11) is 3.36. The zero-order valence-corrected chi connectivity index (χ0v) is 11.5. The molecule has 1 aromatic rings. The van der Waals surface area contributed by atoms with Crippen LogP contribution in [0.5, 0.6) is 0 Å². The van der Waals surface area contributed by atoms with Crippen molar-refractivity contribution in [3.63, 3.8) is 0 Å². The lowest BCUT2D eigenvalue weighted by Crippen LogP contribution is -2.39. The van der Waals surface area contributed by atoms with Gasteiger partial charge in [-0.2, -0.15) is 0 Å². The predicted octanol–water partition coefficient (Wildman–Crippen LogP) is 1.24. The highest BCUT2D eigenvalue weighted by Crippen LogP contribution is 2.28. The molecule has 1 amide bonds. The minimum atomic E-state index is -0.0958. The Bertz CT molecular complexity index is 462. The molecule has 1 heterocycles. The number of amides is 1. The van der Waals surface area contributed by atoms with Crippen LogP contribution < -0.4 is 16.0 Å². The minimum Gasteiger partial charge on any atom is -0.397 e. The van der Waals surface area contributed by atoms with Crippen molar-refractivity contribution < 1.29 is 9.53 Å². The average molecular weight is 263 g/mol. The van der Waals surface area contributed by atoms with E-state index in [1.54, 1.807) is 26.3 Å². The highest BCUT2D eigenvalue weighted by Gasteiger charge is 2.21. The maximum atomic E-state index is 11.7. The summed E-state index contributed by atoms with van der Waals surface area (Å²) in [4.78, 5) is 13.9. The molecule has 19 heavy (non-hydrogen) atoms. The third-order valence-corrected chi connectivity index (χ3v) is 3.57. The molecule has 0 saturated carbocycles. The number of ether oxygens (including phenoxy) is 1. The molecule has 1 aromatic carbocycles. The fourth-order valence-corrected chi connectivity index (χ4v) is 2.45. The van der Waals surface area contributed by atoms with Crippen LogP contribution in [0.2, 0.25) is 0 Å². The van der Waals surface area contributed by atoms with Crippen molar-refractivity contribution in [2.75, 3.05) is 37.9 Å². The monoisotopic (exact) mass is 263 g/mol. The maximum absolute atomic E-state index is 11.7. The summed E-state index contributed by atoms with van der Waals surface area (Å²) in [5.74, 6) is -0.0958. The van der Waals surface area contributed by atoms with E-state index < -0.39 is 0 Å². The van der Waals surface area contributed by atoms with E-state index in [9.17, 15) is 4.79 Å². The highest BCUT2D eigenvalue weighted by atomic mass is 16.5. The first-order valence-corrected chi connectivity index (χ1v) is 6.55. The van der Waals surface area contributed by atoms with Gasteiger partial charge in [-0.05, 0) is 31.0 Å². The standard InChI is InChI=1S/C14H21N3O2/c1-16-14(18)10-5-6-12(15)13(8-10)17-7-3-4-11(9-17)19-2/h5-6,8,11H,3-4,7,9,15H2,1-2H3,(H,16,18). The first kappa shape index (κ1) is 13.7. The molecule has 3 N–H and O–H groups in total. The number of anilines is 2. The molecule has 0 aromatic heterocycles. The normalized spacial score (nSPS) is 19.3. The van der Waals surface area contributed by atoms with Crippen LogP contribution in [0.15, 0.2) is 18.2 Å². The number of hydrogen-bond donors (Lipinski definition) is 2. The SMILES string of the molecule is CNC(=O)c1ccc(N)c(N2CCCC(OC)C2)c1. The summed E-state index contributed by atoms with van der Waals surface area (Å²) >= 11 is 0. The van der Waals surface area contributed by atoms with Crippen LogP contribution >= 0.6 is 0 Å². The van der Waals surface area contributed by atoms with E-state index in [0.717, 1.165) is 31.6 Å². The van der Waals surface area contributed by atoms with E-state index >= 15 is 0 Å². The van der Waals surface area contributed by atoms with Gasteiger partial charge in [0.2, 0.25) is 0 Å². The fraction of sp³-hybridized carbons (Fsp3) is 0.500. The first-order valence-electron chi connectivity index (χ1n) is 6.55. The molecule has 0 radical (unpaired) electrons. The van der Waals surface area contributed by atoms with Gasteiger partial charge in [0, 0.05) is 32.8 Å². The van der Waals surface area contributed by atoms with Crippen molar-refractivity contribution in [1.82, 2.24) is 5.32 Å². The zero-order chi connectivity index (χ0) is 13.8. The Morgan fingerprint density at radius 3 is 3.00 bits per heavy atom. The summed E-state index contributed by atoms with van der Waals surface area (Å²) in [5.41, 5.74) is 8.28. The topological polar surface area (TPSA) is 67.6 Å². The number of carbonyl (C=O) groups is 1. The lowest BCUT2D eigenvalue weighted by molar-refractivity contribution is 0.0894. The molecule has 2 rings (SSSR count). The summed E-state index contributed by atoms with van der Waals surface area (Å²) in [6.07, 6.45) is 2.38. The van der Waals surface area contributed by atoms with Crippen LogP contribution in [0.3, 0.4) is 0 Å². The molecule has 5 heteroatoms. The first-order chi connectivity index (χ1) is 9.15. The number of piperidine rings is 1. The number of benzene rings is 1. The van der Waals surface area contributed by atoms with Crippen molar-refractivity contribution in [2.24, 2.45) is 0 Å². The van der Waals surface area contributed by atoms with E-state index in [2.05, 4.69) is 10.2 Å². The number of carbonyl (C=O) groups excluding carboxylic acids is 1. The van der Waals surface area contributed by atoms with E-state index in [-0.39, 0.29) is 12.0 Å². The molecule has 0 aliphatic carbocycles. The van der Waals surface area contributed by atoms with Gasteiger partial charge in [-0.1, -0.05) is 0 Å². The molecule has 1 fully saturated rings. The number of nitrogens with zero attached hydrogens (tertiary/aromatic N) is 1. The van der Waals surface area contributed by atoms with Gasteiger partial charge < -0.3 is 20.7 Å². The van der Waals surface area contributed by atoms with Gasteiger partial charge >= 0.3 is 0 Å². The molecule has 1 atom stereocenters. The van der Waals surface area contributed by atoms with Crippen LogP contribution in [0.1, 0.15) is 23.2 Å². The lowest BCUT2D eigenvalue weighted by atomic mass is 10.1. The Kier molecular flexibility index (Phi) is 4.27. The van der Waals surface area contributed by atoms with Crippen LogP contribution in [0.25, 0.3) is 0 Å². The van der Waals surface area contributed by atoms with Gasteiger partial charge in [-0.3, -0.25) is 4.79 Å². The van der Waals surface area contributed by atoms with Crippen molar-refractivity contribution >= 4 is 17.3 Å². The van der Waals surface area contributed by atoms with Crippen molar-refractivity contribution in [3.8, 4) is 0 Å². The fourth-order valence-electron chi connectivity index (χ4n) is 2.45. The molecule has 104 valence electrons. The highest BCUT2D eigenvalue weighted by molar-refractivity contribution is 5.96. The summed E-state index contributed by atoms with van der Waals surface area (Å²) in [6, 6.07) is 5.39. The average Bonchev–Trinajstić information content (AvgIpc) is 2.47. The number of rotatable bonds is 3. The molecule has 1 aliphatic heterocycles. The molecule has 1 unspecified atom stereocenters. The Balaban J connectivity index is 2.25. The van der Waals surface area contributed by atoms with E-state index in [4.69, 9.17) is 10.5 Å². The number of hydrogen-bond acceptors (Lipinski definition) is 4. The zero-order valence-electron chi connectivity index (χ0n) is 11.5. The van der Waals surface area contributed by atoms with Crippen molar-refractivity contribution in [1.29, 1.82) is 0 Å². The number of methoxy groups -OCH3 is 1. The van der Waals surface area contributed by atoms with Crippen LogP contribution in [0.4, 0.5) is 11.4 Å². The van der Waals surface area contributed by atoms with Gasteiger partial charge in [0.25, 0.3) is 5.91 Å². The van der Waals surface area contributed by atoms with Crippen LogP contribution in [-0.4, -0.2) is 39.3 Å². The van der Waals surface area contributed by atoms with Gasteiger partial charge in [-0.25, -0.2) is 0 Å². The van der Waals surface area contributed by atoms with Crippen LogP contribution in [-0.2, 0) is 4.74 Å². The van der Waals surface area contributed by atoms with Gasteiger partial charge in [0.05, 0.1) is 17.5 Å². The minimum absolute atomic E-state index is 0.0958. The molecule has 5 nitrogen and oxygen atoms in total. The summed E-state index contributed by atoms with van der Waals surface area (Å²) < 4.78 is 5.42. The van der Waals surface area contributed by atoms with Crippen molar-refractivity contribution in [3.05, 3.63) is 23.8 Å².